The van der Waals surface area contributed by atoms with Gasteiger partial charge < -0.3 is 0 Å². The zero-order valence-corrected chi connectivity index (χ0v) is 25.2. The van der Waals surface area contributed by atoms with Gasteiger partial charge in [0.25, 0.3) is 0 Å². The van der Waals surface area contributed by atoms with Crippen LogP contribution in [-0.2, 0) is 17.4 Å². The Hall–Kier alpha value is 0.640. The van der Waals surface area contributed by atoms with Crippen molar-refractivity contribution in [2.24, 2.45) is 11.8 Å². The van der Waals surface area contributed by atoms with Gasteiger partial charge in [0.1, 0.15) is 0 Å². The molecule has 0 aromatic rings. The zero-order valence-electron chi connectivity index (χ0n) is 19.7. The second-order valence-corrected chi connectivity index (χ2v) is 34.5. The molecule has 0 aromatic carbocycles. The van der Waals surface area contributed by atoms with Crippen molar-refractivity contribution >= 4 is 31.7 Å². The van der Waals surface area contributed by atoms with E-state index in [4.69, 9.17) is 0 Å². The summed E-state index contributed by atoms with van der Waals surface area (Å²) in [5.74, 6) is 1.36. The Kier molecular flexibility index (Phi) is 9.21. The summed E-state index contributed by atoms with van der Waals surface area (Å²) in [5, 5.41) is 0. The molecule has 30 heavy (non-hydrogen) atoms. The van der Waals surface area contributed by atoms with Crippen molar-refractivity contribution in [3.63, 3.8) is 0 Å². The Morgan fingerprint density at radius 3 is 1.27 bits per heavy atom. The van der Waals surface area contributed by atoms with Crippen molar-refractivity contribution in [1.29, 1.82) is 0 Å². The predicted molar refractivity (Wildman–Crippen MR) is 139 cm³/mol. The molecule has 0 aliphatic heterocycles. The first-order valence-corrected chi connectivity index (χ1v) is 23.4. The summed E-state index contributed by atoms with van der Waals surface area (Å²) in [6, 6.07) is 0. The molecule has 0 aromatic heterocycles. The van der Waals surface area contributed by atoms with Crippen molar-refractivity contribution in [2.45, 2.75) is 99.2 Å². The van der Waals surface area contributed by atoms with E-state index in [2.05, 4.69) is 58.9 Å². The van der Waals surface area contributed by atoms with Crippen molar-refractivity contribution in [3.8, 4) is 0 Å². The van der Waals surface area contributed by atoms with Crippen LogP contribution in [0.1, 0.15) is 91.9 Å². The van der Waals surface area contributed by atoms with Gasteiger partial charge in [0, 0.05) is 0 Å². The number of halogens is 2. The molecule has 2 atom stereocenters. The van der Waals surface area contributed by atoms with Crippen LogP contribution in [0.3, 0.4) is 0 Å². The largest absolute Gasteiger partial charge is 0.147 e. The molecule has 4 rings (SSSR count). The van der Waals surface area contributed by atoms with Gasteiger partial charge in [-0.3, -0.25) is 0 Å². The Bertz CT molecular complexity index is 752. The first kappa shape index (κ1) is 26.9. The molecule has 0 radical (unpaired) electrons. The molecule has 4 aliphatic rings. The second kappa shape index (κ2) is 10.3. The molecule has 0 amide bonds. The molecule has 4 aliphatic carbocycles. The van der Waals surface area contributed by atoms with E-state index >= 15 is 0 Å². The molecule has 0 saturated heterocycles. The summed E-state index contributed by atoms with van der Waals surface area (Å²) < 4.78 is 6.11. The summed E-state index contributed by atoms with van der Waals surface area (Å²) in [4.78, 5) is 0. The van der Waals surface area contributed by atoms with E-state index in [0.717, 1.165) is 7.25 Å². The van der Waals surface area contributed by atoms with Crippen molar-refractivity contribution in [3.05, 3.63) is 42.0 Å². The number of hydrogen-bond donors (Lipinski definition) is 0. The molecule has 2 saturated carbocycles. The van der Waals surface area contributed by atoms with Gasteiger partial charge in [0.15, 0.2) is 0 Å². The van der Waals surface area contributed by atoms with Gasteiger partial charge in [-0.25, -0.2) is 0 Å². The molecule has 0 heterocycles. The van der Waals surface area contributed by atoms with E-state index < -0.39 is 17.4 Å². The third-order valence-corrected chi connectivity index (χ3v) is 43.2. The standard InChI is InChI=1S/2C7H9.2C6H11.2ClH.H2Si.Zr/c2*1-6-3-4-7(2)5-6;2*1-2-4-6-5-3-1;;;;/h2*3-4,6H,1-2H3;2*1H,2-6H2;2*1H;1H2;. The number of hydrogen-bond acceptors (Lipinski definition) is 0. The number of rotatable bonds is 4. The summed E-state index contributed by atoms with van der Waals surface area (Å²) in [7, 11) is 0. The van der Waals surface area contributed by atoms with Crippen LogP contribution in [-0.4, -0.2) is 6.88 Å². The molecule has 0 N–H and O–H groups in total. The summed E-state index contributed by atoms with van der Waals surface area (Å²) in [6.45, 7) is 12.7. The van der Waals surface area contributed by atoms with Gasteiger partial charge in [-0.1, -0.05) is 0 Å². The fraction of sp³-hybridized carbons (Fsp3) is 0.692. The van der Waals surface area contributed by atoms with Crippen LogP contribution in [0.5, 0.6) is 0 Å². The first-order chi connectivity index (χ1) is 13.4. The van der Waals surface area contributed by atoms with Crippen LogP contribution in [0.15, 0.2) is 42.0 Å². The maximum Gasteiger partial charge on any atom is -0.147 e. The second-order valence-electron chi connectivity index (χ2n) is 10.8. The molecular formula is C26H44Cl2SiZr. The number of allylic oxidation sites excluding steroid dienone is 8. The van der Waals surface area contributed by atoms with Gasteiger partial charge in [-0.05, 0) is 0 Å². The van der Waals surface area contributed by atoms with E-state index in [9.17, 15) is 0 Å². The van der Waals surface area contributed by atoms with Crippen LogP contribution in [0.25, 0.3) is 0 Å². The van der Waals surface area contributed by atoms with E-state index in [0.29, 0.717) is 11.8 Å². The van der Waals surface area contributed by atoms with Crippen LogP contribution < -0.4 is 0 Å². The summed E-state index contributed by atoms with van der Waals surface area (Å²) >= 11 is -3.50. The first-order valence-electron chi connectivity index (χ1n) is 12.2. The van der Waals surface area contributed by atoms with Gasteiger partial charge in [-0.15, -0.1) is 24.8 Å². The van der Waals surface area contributed by atoms with Gasteiger partial charge in [0.2, 0.25) is 0 Å². The summed E-state index contributed by atoms with van der Waals surface area (Å²) in [5.41, 5.74) is 3.37. The van der Waals surface area contributed by atoms with Gasteiger partial charge >= 0.3 is 177 Å². The fourth-order valence-corrected chi connectivity index (χ4v) is 46.4. The smallest absolute Gasteiger partial charge is 0.147 e. The fourth-order valence-electron chi connectivity index (χ4n) is 8.56. The van der Waals surface area contributed by atoms with E-state index in [1.165, 1.54) is 64.2 Å². The molecule has 4 heteroatoms. The van der Waals surface area contributed by atoms with Crippen molar-refractivity contribution < 1.29 is 17.4 Å². The van der Waals surface area contributed by atoms with Gasteiger partial charge in [-0.2, -0.15) is 0 Å². The maximum atomic E-state index is 2.69. The average Bonchev–Trinajstić information content (AvgIpc) is 3.24. The molecule has 2 fully saturated rings. The molecule has 0 bridgehead atoms. The summed E-state index contributed by atoms with van der Waals surface area (Å²) in [6.07, 6.45) is 25.1. The van der Waals surface area contributed by atoms with Crippen LogP contribution in [0, 0.1) is 11.8 Å². The third kappa shape index (κ3) is 3.93. The Labute approximate surface area is 200 Å². The Morgan fingerprint density at radius 1 is 0.667 bits per heavy atom. The Morgan fingerprint density at radius 2 is 1.00 bits per heavy atom. The molecule has 2 unspecified atom stereocenters. The van der Waals surface area contributed by atoms with Crippen molar-refractivity contribution in [2.75, 3.05) is 0 Å². The quantitative estimate of drug-likeness (QED) is 0.310. The minimum Gasteiger partial charge on any atom is -0.147 e. The molecule has 170 valence electrons. The van der Waals surface area contributed by atoms with E-state index in [1.54, 1.807) is 11.1 Å². The molecule has 0 spiro atoms. The minimum atomic E-state index is -3.50. The topological polar surface area (TPSA) is 0 Å². The monoisotopic (exact) mass is 544 g/mol. The van der Waals surface area contributed by atoms with Crippen LogP contribution >= 0.6 is 24.8 Å². The Balaban J connectivity index is 0.00000160. The SMILES string of the molecule is CC1=[C]([Zr](=[SiH2])([C]2=C(C)C=CC2C)([CH]2CCCCC2)[CH]2CCCCC2)C(C)C=C1.Cl.Cl. The van der Waals surface area contributed by atoms with Crippen molar-refractivity contribution in [1.82, 2.24) is 0 Å². The minimum absolute atomic E-state index is 0. The maximum absolute atomic E-state index is 3.50. The zero-order chi connectivity index (χ0) is 20.0. The third-order valence-electron chi connectivity index (χ3n) is 9.38. The van der Waals surface area contributed by atoms with Crippen LogP contribution in [0.4, 0.5) is 0 Å². The molecular weight excluding hydrogens is 503 g/mol. The predicted octanol–water partition coefficient (Wildman–Crippen LogP) is 8.53. The van der Waals surface area contributed by atoms with E-state index in [-0.39, 0.29) is 24.8 Å². The van der Waals surface area contributed by atoms with Gasteiger partial charge in [0.05, 0.1) is 0 Å². The van der Waals surface area contributed by atoms with E-state index in [1.807, 2.05) is 6.56 Å². The average molecular weight is 547 g/mol. The molecule has 0 nitrogen and oxygen atoms in total. The van der Waals surface area contributed by atoms with Crippen LogP contribution in [0.2, 0.25) is 7.25 Å². The normalized spacial score (nSPS) is 28.7.